The predicted molar refractivity (Wildman–Crippen MR) is 130 cm³/mol. The van der Waals surface area contributed by atoms with E-state index in [4.69, 9.17) is 11.6 Å². The van der Waals surface area contributed by atoms with Crippen LogP contribution in [0.25, 0.3) is 11.3 Å². The summed E-state index contributed by atoms with van der Waals surface area (Å²) in [5, 5.41) is 7.96. The first-order valence-corrected chi connectivity index (χ1v) is 10.4. The molecule has 0 bridgehead atoms. The Kier molecular flexibility index (Phi) is 12.1. The van der Waals surface area contributed by atoms with Crippen LogP contribution >= 0.6 is 11.6 Å². The molecule has 0 unspecified atom stereocenters. The molecule has 0 aliphatic heterocycles. The highest BCUT2D eigenvalue weighted by Gasteiger charge is 2.05. The monoisotopic (exact) mass is 440 g/mol. The smallest absolute Gasteiger partial charge is 0.227 e. The van der Waals surface area contributed by atoms with E-state index in [-0.39, 0.29) is 0 Å². The van der Waals surface area contributed by atoms with Crippen LogP contribution in [0.3, 0.4) is 0 Å². The van der Waals surface area contributed by atoms with Gasteiger partial charge in [-0.1, -0.05) is 38.4 Å². The molecular weight excluding hydrogens is 412 g/mol. The molecule has 0 saturated carbocycles. The topological polar surface area (TPSA) is 92.2 Å². The molecule has 8 heteroatoms. The number of hydrazone groups is 1. The van der Waals surface area contributed by atoms with Crippen molar-refractivity contribution in [3.63, 3.8) is 0 Å². The van der Waals surface area contributed by atoms with Crippen molar-refractivity contribution in [2.75, 3.05) is 10.7 Å². The number of pyridine rings is 1. The molecular formula is C23H29ClN6O. The lowest BCUT2D eigenvalue weighted by atomic mass is 10.2. The fraction of sp³-hybridized carbons (Fsp3) is 0.261. The summed E-state index contributed by atoms with van der Waals surface area (Å²) in [6.45, 7) is 9.64. The number of halogens is 1. The van der Waals surface area contributed by atoms with E-state index in [0.29, 0.717) is 23.2 Å². The lowest BCUT2D eigenvalue weighted by Crippen LogP contribution is -1.99. The Balaban J connectivity index is 0.000000720. The molecule has 7 nitrogen and oxygen atoms in total. The first-order chi connectivity index (χ1) is 15.0. The third kappa shape index (κ3) is 9.82. The minimum atomic E-state index is 0.494. The third-order valence-electron chi connectivity index (χ3n) is 3.35. The summed E-state index contributed by atoms with van der Waals surface area (Å²) in [4.78, 5) is 22.2. The summed E-state index contributed by atoms with van der Waals surface area (Å²) in [7, 11) is 0. The van der Waals surface area contributed by atoms with Crippen LogP contribution in [0.1, 0.15) is 41.0 Å². The van der Waals surface area contributed by atoms with Gasteiger partial charge in [0, 0.05) is 40.8 Å². The molecule has 0 spiro atoms. The largest absolute Gasteiger partial charge is 0.324 e. The predicted octanol–water partition coefficient (Wildman–Crippen LogP) is 6.36. The summed E-state index contributed by atoms with van der Waals surface area (Å²) in [5.41, 5.74) is 6.36. The zero-order chi connectivity index (χ0) is 23.1. The van der Waals surface area contributed by atoms with Crippen molar-refractivity contribution in [2.24, 2.45) is 5.10 Å². The molecule has 0 saturated heterocycles. The highest BCUT2D eigenvalue weighted by atomic mass is 35.5. The number of hydrogen-bond acceptors (Lipinski definition) is 7. The molecule has 3 rings (SSSR count). The van der Waals surface area contributed by atoms with Gasteiger partial charge in [0.2, 0.25) is 5.95 Å². The van der Waals surface area contributed by atoms with Crippen molar-refractivity contribution in [2.45, 2.75) is 41.0 Å². The molecule has 1 aromatic carbocycles. The van der Waals surface area contributed by atoms with Gasteiger partial charge in [-0.05, 0) is 50.2 Å². The number of rotatable bonds is 6. The van der Waals surface area contributed by atoms with E-state index in [2.05, 4.69) is 30.8 Å². The second-order valence-electron chi connectivity index (χ2n) is 6.08. The van der Waals surface area contributed by atoms with E-state index >= 15 is 0 Å². The van der Waals surface area contributed by atoms with Gasteiger partial charge in [-0.15, -0.1) is 0 Å². The SMILES string of the molecule is CC.CC(C)=NNc1cc(-c2ccnc(Nc3cccc(Cl)c3)n2)ccn1.CCC=O. The molecule has 0 aliphatic carbocycles. The minimum Gasteiger partial charge on any atom is -0.324 e. The van der Waals surface area contributed by atoms with Gasteiger partial charge in [-0.25, -0.2) is 15.0 Å². The zero-order valence-electron chi connectivity index (χ0n) is 18.6. The standard InChI is InChI=1S/C18H17ClN6.C3H6O.C2H6/c1-12(2)24-25-17-10-13(6-8-20-17)16-7-9-21-18(23-16)22-15-5-3-4-14(19)11-15;1-2-3-4;1-2/h3-11H,1-2H3,(H,20,25)(H,21,22,23);3H,2H2,1H3;1-2H3. The highest BCUT2D eigenvalue weighted by Crippen LogP contribution is 2.22. The normalized spacial score (nSPS) is 9.23. The molecule has 164 valence electrons. The molecule has 2 N–H and O–H groups in total. The Bertz CT molecular complexity index is 974. The van der Waals surface area contributed by atoms with Crippen molar-refractivity contribution >= 4 is 41.1 Å². The van der Waals surface area contributed by atoms with E-state index in [1.54, 1.807) is 12.4 Å². The number of aldehydes is 1. The lowest BCUT2D eigenvalue weighted by molar-refractivity contribution is -0.107. The van der Waals surface area contributed by atoms with E-state index in [9.17, 15) is 4.79 Å². The second kappa shape index (κ2) is 14.6. The molecule has 2 heterocycles. The molecule has 0 atom stereocenters. The number of hydrogen-bond donors (Lipinski definition) is 2. The first-order valence-electron chi connectivity index (χ1n) is 10.0. The number of anilines is 3. The van der Waals surface area contributed by atoms with Crippen LogP contribution < -0.4 is 10.7 Å². The Morgan fingerprint density at radius 3 is 2.45 bits per heavy atom. The lowest BCUT2D eigenvalue weighted by Gasteiger charge is -2.08. The van der Waals surface area contributed by atoms with E-state index in [1.165, 1.54) is 0 Å². The van der Waals surface area contributed by atoms with Crippen molar-refractivity contribution in [1.29, 1.82) is 0 Å². The average molecular weight is 441 g/mol. The van der Waals surface area contributed by atoms with Gasteiger partial charge in [0.1, 0.15) is 12.1 Å². The summed E-state index contributed by atoms with van der Waals surface area (Å²) in [5.74, 6) is 1.15. The van der Waals surface area contributed by atoms with Crippen LogP contribution in [0.5, 0.6) is 0 Å². The van der Waals surface area contributed by atoms with Crippen molar-refractivity contribution < 1.29 is 4.79 Å². The van der Waals surface area contributed by atoms with Crippen molar-refractivity contribution in [3.8, 4) is 11.3 Å². The third-order valence-corrected chi connectivity index (χ3v) is 3.59. The molecule has 3 aromatic rings. The molecule has 31 heavy (non-hydrogen) atoms. The maximum absolute atomic E-state index is 9.17. The van der Waals surface area contributed by atoms with Crippen LogP contribution in [0, 0.1) is 0 Å². The summed E-state index contributed by atoms with van der Waals surface area (Å²) >= 11 is 6.00. The van der Waals surface area contributed by atoms with E-state index in [1.807, 2.05) is 77.1 Å². The number of aromatic nitrogens is 3. The molecule has 0 aliphatic rings. The molecule has 0 fully saturated rings. The average Bonchev–Trinajstić information content (AvgIpc) is 2.79. The number of carbonyl (C=O) groups excluding carboxylic acids is 1. The molecule has 0 radical (unpaired) electrons. The summed E-state index contributed by atoms with van der Waals surface area (Å²) < 4.78 is 0. The van der Waals surface area contributed by atoms with Crippen LogP contribution in [-0.2, 0) is 4.79 Å². The van der Waals surface area contributed by atoms with Crippen LogP contribution in [0.15, 0.2) is 60.0 Å². The van der Waals surface area contributed by atoms with Crippen molar-refractivity contribution in [1.82, 2.24) is 15.0 Å². The van der Waals surface area contributed by atoms with Crippen LogP contribution in [-0.4, -0.2) is 26.9 Å². The van der Waals surface area contributed by atoms with Gasteiger partial charge in [0.05, 0.1) is 5.69 Å². The van der Waals surface area contributed by atoms with E-state index in [0.717, 1.165) is 28.9 Å². The maximum Gasteiger partial charge on any atom is 0.227 e. The fourth-order valence-electron chi connectivity index (χ4n) is 2.10. The Morgan fingerprint density at radius 1 is 1.10 bits per heavy atom. The van der Waals surface area contributed by atoms with Gasteiger partial charge in [0.25, 0.3) is 0 Å². The first kappa shape index (κ1) is 25.7. The van der Waals surface area contributed by atoms with Gasteiger partial charge in [-0.2, -0.15) is 5.10 Å². The van der Waals surface area contributed by atoms with Gasteiger partial charge in [-0.3, -0.25) is 5.43 Å². The Labute approximate surface area is 189 Å². The second-order valence-corrected chi connectivity index (χ2v) is 6.51. The van der Waals surface area contributed by atoms with Crippen LogP contribution in [0.4, 0.5) is 17.5 Å². The van der Waals surface area contributed by atoms with Crippen molar-refractivity contribution in [3.05, 3.63) is 59.9 Å². The van der Waals surface area contributed by atoms with Gasteiger partial charge in [0.15, 0.2) is 0 Å². The number of nitrogens with zero attached hydrogens (tertiary/aromatic N) is 4. The number of benzene rings is 1. The number of nitrogens with one attached hydrogen (secondary N) is 2. The maximum atomic E-state index is 9.17. The molecule has 0 amide bonds. The van der Waals surface area contributed by atoms with Crippen LogP contribution in [0.2, 0.25) is 5.02 Å². The quantitative estimate of drug-likeness (QED) is 0.263. The number of carbonyl (C=O) groups is 1. The fourth-order valence-corrected chi connectivity index (χ4v) is 2.29. The zero-order valence-corrected chi connectivity index (χ0v) is 19.3. The highest BCUT2D eigenvalue weighted by molar-refractivity contribution is 6.30. The van der Waals surface area contributed by atoms with Gasteiger partial charge < -0.3 is 10.1 Å². The Hall–Kier alpha value is -3.32. The minimum absolute atomic E-state index is 0.494. The summed E-state index contributed by atoms with van der Waals surface area (Å²) in [6, 6.07) is 13.0. The van der Waals surface area contributed by atoms with Gasteiger partial charge >= 0.3 is 0 Å². The Morgan fingerprint density at radius 2 is 1.81 bits per heavy atom. The molecule has 2 aromatic heterocycles. The van der Waals surface area contributed by atoms with E-state index < -0.39 is 0 Å². The summed E-state index contributed by atoms with van der Waals surface area (Å²) in [6.07, 6.45) is 4.93.